The predicted molar refractivity (Wildman–Crippen MR) is 152 cm³/mol. The summed E-state index contributed by atoms with van der Waals surface area (Å²) in [6, 6.07) is 18.5. The van der Waals surface area contributed by atoms with Crippen molar-refractivity contribution in [3.8, 4) is 0 Å². The zero-order chi connectivity index (χ0) is 26.7. The van der Waals surface area contributed by atoms with Crippen molar-refractivity contribution in [3.63, 3.8) is 0 Å². The molecule has 0 aliphatic carbocycles. The lowest BCUT2D eigenvalue weighted by Gasteiger charge is -2.34. The molecule has 0 aromatic heterocycles. The maximum atomic E-state index is 12.5. The van der Waals surface area contributed by atoms with Crippen molar-refractivity contribution in [2.24, 2.45) is 10.9 Å². The van der Waals surface area contributed by atoms with Gasteiger partial charge in [-0.1, -0.05) is 42.1 Å². The minimum absolute atomic E-state index is 0.0353. The molecule has 8 nitrogen and oxygen atoms in total. The van der Waals surface area contributed by atoms with Crippen LogP contribution in [0.3, 0.4) is 0 Å². The Morgan fingerprint density at radius 1 is 0.947 bits per heavy atom. The number of hydrogen-bond acceptors (Lipinski definition) is 6. The number of benzene rings is 2. The van der Waals surface area contributed by atoms with Crippen molar-refractivity contribution in [1.82, 2.24) is 0 Å². The Kier molecular flexibility index (Phi) is 8.09. The van der Waals surface area contributed by atoms with Crippen molar-refractivity contribution >= 4 is 50.0 Å². The first-order valence-corrected chi connectivity index (χ1v) is 15.9. The number of carbonyl (C=O) groups is 2. The second-order valence-electron chi connectivity index (χ2n) is 10.3. The van der Waals surface area contributed by atoms with Gasteiger partial charge < -0.3 is 14.9 Å². The van der Waals surface area contributed by atoms with Gasteiger partial charge in [-0.05, 0) is 61.4 Å². The van der Waals surface area contributed by atoms with Crippen molar-refractivity contribution < 1.29 is 23.1 Å². The molecule has 38 heavy (non-hydrogen) atoms. The number of amidine groups is 1. The van der Waals surface area contributed by atoms with Gasteiger partial charge >= 0.3 is 5.97 Å². The van der Waals surface area contributed by atoms with Gasteiger partial charge in [0.05, 0.1) is 17.5 Å². The van der Waals surface area contributed by atoms with E-state index < -0.39 is 15.8 Å². The molecule has 5 rings (SSSR count). The Bertz CT molecular complexity index is 1290. The highest BCUT2D eigenvalue weighted by molar-refractivity contribution is 8.16. The van der Waals surface area contributed by atoms with Crippen molar-refractivity contribution in [2.75, 3.05) is 34.4 Å². The van der Waals surface area contributed by atoms with E-state index in [1.165, 1.54) is 17.3 Å². The van der Waals surface area contributed by atoms with Crippen LogP contribution in [-0.4, -0.2) is 66.5 Å². The summed E-state index contributed by atoms with van der Waals surface area (Å²) in [6.45, 7) is 1.99. The topological polar surface area (TPSA) is 107 Å². The minimum atomic E-state index is -3.15. The van der Waals surface area contributed by atoms with Gasteiger partial charge in [0.2, 0.25) is 5.91 Å². The normalized spacial score (nSPS) is 24.1. The molecule has 0 saturated carbocycles. The second kappa shape index (κ2) is 11.5. The van der Waals surface area contributed by atoms with E-state index in [9.17, 15) is 18.0 Å². The number of carbonyl (C=O) groups excluding carboxylic acids is 1. The zero-order valence-corrected chi connectivity index (χ0v) is 22.9. The average Bonchev–Trinajstić information content (AvgIpc) is 3.35. The first-order valence-electron chi connectivity index (χ1n) is 13.2. The van der Waals surface area contributed by atoms with E-state index in [0.717, 1.165) is 43.7 Å². The smallest absolute Gasteiger partial charge is 0.303 e. The Labute approximate surface area is 228 Å². The number of carboxylic acids is 1. The summed E-state index contributed by atoms with van der Waals surface area (Å²) in [5, 5.41) is 9.16. The summed E-state index contributed by atoms with van der Waals surface area (Å²) in [7, 11) is -3.15. The average molecular weight is 556 g/mol. The molecule has 0 unspecified atom stereocenters. The molecule has 1 amide bonds. The molecule has 3 heterocycles. The lowest BCUT2D eigenvalue weighted by Crippen LogP contribution is -2.38. The van der Waals surface area contributed by atoms with Crippen LogP contribution in [0, 0.1) is 5.92 Å². The predicted octanol–water partition coefficient (Wildman–Crippen LogP) is 4.00. The van der Waals surface area contributed by atoms with Gasteiger partial charge in [-0.3, -0.25) is 9.59 Å². The number of thioether (sulfide) groups is 1. The van der Waals surface area contributed by atoms with Gasteiger partial charge in [0.25, 0.3) is 0 Å². The highest BCUT2D eigenvalue weighted by atomic mass is 32.2. The van der Waals surface area contributed by atoms with Crippen LogP contribution in [0.2, 0.25) is 0 Å². The van der Waals surface area contributed by atoms with Crippen LogP contribution in [0.25, 0.3) is 0 Å². The number of aliphatic imine (C=N–C) groups is 1. The van der Waals surface area contributed by atoms with E-state index in [1.54, 1.807) is 0 Å². The van der Waals surface area contributed by atoms with E-state index in [1.807, 2.05) is 17.0 Å². The number of aliphatic carboxylic acids is 1. The maximum Gasteiger partial charge on any atom is 0.303 e. The van der Waals surface area contributed by atoms with Gasteiger partial charge in [-0.2, -0.15) is 4.99 Å². The van der Waals surface area contributed by atoms with Gasteiger partial charge in [0.1, 0.15) is 0 Å². The number of hydrogen-bond donors (Lipinski definition) is 1. The van der Waals surface area contributed by atoms with Crippen LogP contribution in [0.4, 0.5) is 11.4 Å². The highest BCUT2D eigenvalue weighted by Crippen LogP contribution is 2.41. The van der Waals surface area contributed by atoms with Crippen LogP contribution in [0.15, 0.2) is 59.6 Å². The second-order valence-corrected chi connectivity index (χ2v) is 13.7. The number of rotatable bonds is 8. The number of carboxylic acid groups (broad SMARTS) is 1. The molecule has 3 aliphatic heterocycles. The number of nitrogens with zero attached hydrogens (tertiary/aromatic N) is 3. The number of amides is 1. The van der Waals surface area contributed by atoms with Crippen LogP contribution < -0.4 is 9.80 Å². The lowest BCUT2D eigenvalue weighted by molar-refractivity contribution is -0.137. The first-order chi connectivity index (χ1) is 18.3. The summed E-state index contributed by atoms with van der Waals surface area (Å²) < 4.78 is 24.7. The fraction of sp³-hybridized carbons (Fsp3) is 0.464. The van der Waals surface area contributed by atoms with E-state index in [-0.39, 0.29) is 48.0 Å². The molecule has 0 radical (unpaired) electrons. The Morgan fingerprint density at radius 2 is 1.63 bits per heavy atom. The molecular formula is C28H33N3O5S2. The molecule has 2 aromatic carbocycles. The fourth-order valence-electron chi connectivity index (χ4n) is 5.59. The largest absolute Gasteiger partial charge is 0.481 e. The molecule has 3 saturated heterocycles. The standard InChI is InChI=1S/C28H33N3O5S2/c32-26(7-4-8-27(33)34)29-28-31(24-18-38(35,36)19-25(24)37-28)23-11-9-22(10-12-23)30-15-13-21(14-16-30)17-20-5-2-1-3-6-20/h1-3,5-6,9-12,21,24-25H,4,7-8,13-19H2,(H,33,34)/t24-,25-/m0/s1. The number of piperidine rings is 1. The molecular weight excluding hydrogens is 522 g/mol. The van der Waals surface area contributed by atoms with Crippen LogP contribution in [0.5, 0.6) is 0 Å². The number of anilines is 2. The number of sulfone groups is 1. The van der Waals surface area contributed by atoms with Crippen LogP contribution >= 0.6 is 11.8 Å². The van der Waals surface area contributed by atoms with Gasteiger partial charge in [-0.25, -0.2) is 8.42 Å². The van der Waals surface area contributed by atoms with Crippen LogP contribution in [0.1, 0.15) is 37.7 Å². The van der Waals surface area contributed by atoms with Gasteiger partial charge in [0.15, 0.2) is 15.0 Å². The van der Waals surface area contributed by atoms with Gasteiger partial charge in [-0.15, -0.1) is 0 Å². The molecule has 0 bridgehead atoms. The van der Waals surface area contributed by atoms with E-state index in [2.05, 4.69) is 52.4 Å². The molecule has 3 fully saturated rings. The van der Waals surface area contributed by atoms with Gasteiger partial charge in [0, 0.05) is 42.6 Å². The Balaban J connectivity index is 1.26. The third-order valence-corrected chi connectivity index (χ3v) is 10.8. The SMILES string of the molecule is O=C(O)CCCC(=O)N=C1S[C@H]2CS(=O)(=O)C[C@@H]2N1c1ccc(N2CCC(Cc3ccccc3)CC2)cc1. The Hall–Kier alpha value is -2.85. The number of fused-ring (bicyclic) bond motifs is 1. The molecule has 2 aromatic rings. The van der Waals surface area contributed by atoms with E-state index >= 15 is 0 Å². The lowest BCUT2D eigenvalue weighted by atomic mass is 9.90. The molecule has 10 heteroatoms. The van der Waals surface area contributed by atoms with Crippen LogP contribution in [-0.2, 0) is 25.8 Å². The van der Waals surface area contributed by atoms with Crippen molar-refractivity contribution in [2.45, 2.75) is 49.8 Å². The maximum absolute atomic E-state index is 12.5. The fourth-order valence-corrected chi connectivity index (χ4v) is 9.52. The third kappa shape index (κ3) is 6.40. The third-order valence-electron chi connectivity index (χ3n) is 7.54. The molecule has 2 atom stereocenters. The highest BCUT2D eigenvalue weighted by Gasteiger charge is 2.49. The van der Waals surface area contributed by atoms with E-state index in [4.69, 9.17) is 5.11 Å². The van der Waals surface area contributed by atoms with Crippen molar-refractivity contribution in [3.05, 3.63) is 60.2 Å². The molecule has 0 spiro atoms. The zero-order valence-electron chi connectivity index (χ0n) is 21.2. The molecule has 1 N–H and O–H groups in total. The van der Waals surface area contributed by atoms with Crippen molar-refractivity contribution in [1.29, 1.82) is 0 Å². The van der Waals surface area contributed by atoms with E-state index in [0.29, 0.717) is 11.1 Å². The molecule has 202 valence electrons. The summed E-state index contributed by atoms with van der Waals surface area (Å²) in [6.07, 6.45) is 3.60. The summed E-state index contributed by atoms with van der Waals surface area (Å²) >= 11 is 1.34. The summed E-state index contributed by atoms with van der Waals surface area (Å²) in [5.41, 5.74) is 3.35. The Morgan fingerprint density at radius 3 is 2.32 bits per heavy atom. The monoisotopic (exact) mass is 555 g/mol. The summed E-state index contributed by atoms with van der Waals surface area (Å²) in [5.74, 6) is -0.531. The summed E-state index contributed by atoms with van der Waals surface area (Å²) in [4.78, 5) is 31.8. The molecule has 3 aliphatic rings. The minimum Gasteiger partial charge on any atom is -0.481 e. The first kappa shape index (κ1) is 26.7. The quantitative estimate of drug-likeness (QED) is 0.521.